The van der Waals surface area contributed by atoms with Gasteiger partial charge in [-0.1, -0.05) is 18.2 Å². The smallest absolute Gasteiger partial charge is 0.195 e. The van der Waals surface area contributed by atoms with Crippen LogP contribution in [-0.4, -0.2) is 25.8 Å². The maximum Gasteiger partial charge on any atom is 0.212 e. The normalized spacial score (nSPS) is 26.2. The van der Waals surface area contributed by atoms with E-state index in [1.54, 1.807) is 22.8 Å². The Labute approximate surface area is 80.4 Å². The van der Waals surface area contributed by atoms with Crippen molar-refractivity contribution in [2.24, 2.45) is 5.10 Å². The zero-order chi connectivity index (χ0) is 8.67. The fourth-order valence-electron chi connectivity index (χ4n) is 1.84. The van der Waals surface area contributed by atoms with Gasteiger partial charge in [0, 0.05) is 0 Å². The van der Waals surface area contributed by atoms with Gasteiger partial charge in [-0.3, -0.25) is 0 Å². The van der Waals surface area contributed by atoms with E-state index in [9.17, 15) is 0 Å². The Hall–Kier alpha value is -0.840. The first-order chi connectivity index (χ1) is 6.43. The standard InChI is InChI=1S/C8H10N4S/c1-2-4-7-6(3-1)11-12-5-9-10-8(12)13-7/h5,7H,1-4H2. The predicted molar refractivity (Wildman–Crippen MR) is 51.0 cm³/mol. The SMILES string of the molecule is c1nnc2n1N=C1CCCCC1S2. The Morgan fingerprint density at radius 3 is 3.46 bits per heavy atom. The zero-order valence-electron chi connectivity index (χ0n) is 7.18. The van der Waals surface area contributed by atoms with Gasteiger partial charge in [0.2, 0.25) is 5.16 Å². The third kappa shape index (κ3) is 1.18. The Bertz CT molecular complexity index is 357. The molecule has 2 heterocycles. The molecule has 0 radical (unpaired) electrons. The maximum absolute atomic E-state index is 4.51. The van der Waals surface area contributed by atoms with Crippen LogP contribution in [0.5, 0.6) is 0 Å². The van der Waals surface area contributed by atoms with Crippen LogP contribution in [0.3, 0.4) is 0 Å². The van der Waals surface area contributed by atoms with E-state index in [-0.39, 0.29) is 0 Å². The molecule has 0 aromatic carbocycles. The summed E-state index contributed by atoms with van der Waals surface area (Å²) >= 11 is 1.81. The molecule has 1 aromatic rings. The van der Waals surface area contributed by atoms with E-state index in [1.165, 1.54) is 25.0 Å². The molecular weight excluding hydrogens is 184 g/mol. The molecule has 4 nitrogen and oxygen atoms in total. The van der Waals surface area contributed by atoms with E-state index in [1.807, 2.05) is 0 Å². The Morgan fingerprint density at radius 2 is 2.46 bits per heavy atom. The van der Waals surface area contributed by atoms with Gasteiger partial charge in [-0.2, -0.15) is 9.78 Å². The van der Waals surface area contributed by atoms with Crippen molar-refractivity contribution in [3.63, 3.8) is 0 Å². The van der Waals surface area contributed by atoms with Crippen molar-refractivity contribution in [2.75, 3.05) is 0 Å². The highest BCUT2D eigenvalue weighted by Crippen LogP contribution is 2.34. The third-order valence-corrected chi connectivity index (χ3v) is 3.78. The molecule has 1 fully saturated rings. The monoisotopic (exact) mass is 194 g/mol. The first-order valence-corrected chi connectivity index (χ1v) is 5.46. The van der Waals surface area contributed by atoms with Gasteiger partial charge < -0.3 is 0 Å². The van der Waals surface area contributed by atoms with Gasteiger partial charge in [-0.25, -0.2) is 0 Å². The number of fused-ring (bicyclic) bond motifs is 2. The van der Waals surface area contributed by atoms with E-state index in [2.05, 4.69) is 15.3 Å². The molecule has 5 heteroatoms. The van der Waals surface area contributed by atoms with E-state index in [0.29, 0.717) is 5.25 Å². The highest BCUT2D eigenvalue weighted by atomic mass is 32.2. The minimum Gasteiger partial charge on any atom is -0.195 e. The van der Waals surface area contributed by atoms with Crippen LogP contribution in [0.1, 0.15) is 25.7 Å². The van der Waals surface area contributed by atoms with Crippen molar-refractivity contribution in [3.8, 4) is 0 Å². The quantitative estimate of drug-likeness (QED) is 0.629. The minimum absolute atomic E-state index is 0.574. The molecule has 0 saturated heterocycles. The Balaban J connectivity index is 2.02. The molecule has 1 saturated carbocycles. The van der Waals surface area contributed by atoms with Crippen molar-refractivity contribution in [3.05, 3.63) is 6.33 Å². The van der Waals surface area contributed by atoms with Gasteiger partial charge >= 0.3 is 0 Å². The minimum atomic E-state index is 0.574. The summed E-state index contributed by atoms with van der Waals surface area (Å²) in [7, 11) is 0. The summed E-state index contributed by atoms with van der Waals surface area (Å²) in [6, 6.07) is 0. The third-order valence-electron chi connectivity index (χ3n) is 2.51. The van der Waals surface area contributed by atoms with Crippen LogP contribution in [0, 0.1) is 0 Å². The fraction of sp³-hybridized carbons (Fsp3) is 0.625. The van der Waals surface area contributed by atoms with Crippen molar-refractivity contribution in [2.45, 2.75) is 36.1 Å². The number of hydrogen-bond acceptors (Lipinski definition) is 4. The summed E-state index contributed by atoms with van der Waals surface area (Å²) in [6.45, 7) is 0. The van der Waals surface area contributed by atoms with Crippen molar-refractivity contribution < 1.29 is 0 Å². The van der Waals surface area contributed by atoms with Crippen LogP contribution in [-0.2, 0) is 0 Å². The fourth-order valence-corrected chi connectivity index (χ4v) is 2.97. The molecule has 1 unspecified atom stereocenters. The second-order valence-electron chi connectivity index (χ2n) is 3.40. The van der Waals surface area contributed by atoms with Crippen LogP contribution < -0.4 is 0 Å². The Kier molecular flexibility index (Phi) is 1.65. The maximum atomic E-state index is 4.51. The molecule has 0 spiro atoms. The van der Waals surface area contributed by atoms with E-state index < -0.39 is 0 Å². The van der Waals surface area contributed by atoms with Gasteiger partial charge in [0.15, 0.2) is 0 Å². The predicted octanol–water partition coefficient (Wildman–Crippen LogP) is 1.53. The summed E-state index contributed by atoms with van der Waals surface area (Å²) in [5.74, 6) is 0. The summed E-state index contributed by atoms with van der Waals surface area (Å²) in [5.41, 5.74) is 1.32. The lowest BCUT2D eigenvalue weighted by Gasteiger charge is -2.25. The first-order valence-electron chi connectivity index (χ1n) is 4.58. The van der Waals surface area contributed by atoms with Crippen LogP contribution in [0.4, 0.5) is 0 Å². The molecule has 1 aliphatic carbocycles. The molecule has 13 heavy (non-hydrogen) atoms. The molecule has 3 rings (SSSR count). The van der Waals surface area contributed by atoms with Crippen molar-refractivity contribution in [1.82, 2.24) is 14.9 Å². The molecular formula is C8H10N4S. The molecule has 0 amide bonds. The molecule has 0 N–H and O–H groups in total. The van der Waals surface area contributed by atoms with E-state index in [4.69, 9.17) is 0 Å². The molecule has 2 aliphatic rings. The van der Waals surface area contributed by atoms with Crippen LogP contribution in [0.2, 0.25) is 0 Å². The number of hydrogen-bond donors (Lipinski definition) is 0. The lowest BCUT2D eigenvalue weighted by Crippen LogP contribution is -2.26. The van der Waals surface area contributed by atoms with E-state index in [0.717, 1.165) is 11.6 Å². The van der Waals surface area contributed by atoms with E-state index >= 15 is 0 Å². The van der Waals surface area contributed by atoms with Crippen molar-refractivity contribution >= 4 is 17.5 Å². The molecule has 1 aliphatic heterocycles. The van der Waals surface area contributed by atoms with Gasteiger partial charge in [-0.15, -0.1) is 10.2 Å². The van der Waals surface area contributed by atoms with Crippen LogP contribution in [0.25, 0.3) is 0 Å². The number of aromatic nitrogens is 3. The van der Waals surface area contributed by atoms with Gasteiger partial charge in [0.05, 0.1) is 11.0 Å². The van der Waals surface area contributed by atoms with Crippen LogP contribution in [0.15, 0.2) is 16.6 Å². The van der Waals surface area contributed by atoms with Gasteiger partial charge in [0.25, 0.3) is 0 Å². The summed E-state index contributed by atoms with van der Waals surface area (Å²) < 4.78 is 1.79. The molecule has 1 aromatic heterocycles. The summed E-state index contributed by atoms with van der Waals surface area (Å²) in [4.78, 5) is 0. The Morgan fingerprint density at radius 1 is 1.46 bits per heavy atom. The number of rotatable bonds is 0. The highest BCUT2D eigenvalue weighted by Gasteiger charge is 2.27. The topological polar surface area (TPSA) is 43.1 Å². The van der Waals surface area contributed by atoms with Gasteiger partial charge in [-0.05, 0) is 19.3 Å². The summed E-state index contributed by atoms with van der Waals surface area (Å²) in [5, 5.41) is 13.9. The largest absolute Gasteiger partial charge is 0.212 e. The lowest BCUT2D eigenvalue weighted by atomic mass is 9.98. The van der Waals surface area contributed by atoms with Crippen molar-refractivity contribution in [1.29, 1.82) is 0 Å². The second-order valence-corrected chi connectivity index (χ2v) is 4.57. The first kappa shape index (κ1) is 7.55. The molecule has 68 valence electrons. The van der Waals surface area contributed by atoms with Gasteiger partial charge in [0.1, 0.15) is 6.33 Å². The summed E-state index contributed by atoms with van der Waals surface area (Å²) in [6.07, 6.45) is 6.68. The molecule has 1 atom stereocenters. The lowest BCUT2D eigenvalue weighted by molar-refractivity contribution is 0.641. The average molecular weight is 194 g/mol. The number of nitrogens with zero attached hydrogens (tertiary/aromatic N) is 4. The van der Waals surface area contributed by atoms with Crippen LogP contribution >= 0.6 is 11.8 Å². The molecule has 0 bridgehead atoms. The zero-order valence-corrected chi connectivity index (χ0v) is 8.00. The second kappa shape index (κ2) is 2.83. The average Bonchev–Trinajstić information content (AvgIpc) is 2.61. The number of thioether (sulfide) groups is 1. The highest BCUT2D eigenvalue weighted by molar-refractivity contribution is 8.00.